The third-order valence-electron chi connectivity index (χ3n) is 3.14. The zero-order chi connectivity index (χ0) is 16.3. The lowest BCUT2D eigenvalue weighted by atomic mass is 10.1. The van der Waals surface area contributed by atoms with Crippen molar-refractivity contribution in [1.82, 2.24) is 4.90 Å². The van der Waals surface area contributed by atoms with Crippen LogP contribution in [0.15, 0.2) is 5.11 Å². The summed E-state index contributed by atoms with van der Waals surface area (Å²) in [5, 5.41) is 13.6. The van der Waals surface area contributed by atoms with Gasteiger partial charge in [-0.25, -0.2) is 4.79 Å². The largest absolute Gasteiger partial charge is 0.444 e. The number of amides is 1. The van der Waals surface area contributed by atoms with Crippen molar-refractivity contribution in [3.63, 3.8) is 0 Å². The molecule has 1 fully saturated rings. The number of hydrogen-bond acceptors (Lipinski definition) is 5. The SMILES string of the molecule is CC(C)(C)OC(=O)N1[C@@H]([C@@H](O)CCN=[N+]=[N-])COC1(C)C. The van der Waals surface area contributed by atoms with Crippen molar-refractivity contribution in [3.8, 4) is 0 Å². The summed E-state index contributed by atoms with van der Waals surface area (Å²) in [5.41, 5.74) is 6.78. The summed E-state index contributed by atoms with van der Waals surface area (Å²) >= 11 is 0. The van der Waals surface area contributed by atoms with Gasteiger partial charge in [0.25, 0.3) is 0 Å². The average molecular weight is 300 g/mol. The van der Waals surface area contributed by atoms with Gasteiger partial charge in [-0.05, 0) is 46.6 Å². The Hall–Kier alpha value is -1.50. The highest BCUT2D eigenvalue weighted by Crippen LogP contribution is 2.31. The molecule has 0 bridgehead atoms. The Bertz CT molecular complexity index is 426. The van der Waals surface area contributed by atoms with Gasteiger partial charge < -0.3 is 14.6 Å². The van der Waals surface area contributed by atoms with Crippen LogP contribution in [0, 0.1) is 0 Å². The minimum absolute atomic E-state index is 0.163. The zero-order valence-electron chi connectivity index (χ0n) is 13.2. The van der Waals surface area contributed by atoms with Gasteiger partial charge >= 0.3 is 6.09 Å². The number of aliphatic hydroxyl groups is 1. The van der Waals surface area contributed by atoms with E-state index in [4.69, 9.17) is 15.0 Å². The van der Waals surface area contributed by atoms with Crippen molar-refractivity contribution in [2.75, 3.05) is 13.2 Å². The predicted molar refractivity (Wildman–Crippen MR) is 76.5 cm³/mol. The Morgan fingerprint density at radius 2 is 2.24 bits per heavy atom. The minimum Gasteiger partial charge on any atom is -0.444 e. The number of nitrogens with zero attached hydrogens (tertiary/aromatic N) is 4. The highest BCUT2D eigenvalue weighted by atomic mass is 16.6. The van der Waals surface area contributed by atoms with Crippen LogP contribution in [-0.4, -0.2) is 52.7 Å². The molecule has 0 spiro atoms. The van der Waals surface area contributed by atoms with E-state index in [2.05, 4.69) is 10.0 Å². The fraction of sp³-hybridized carbons (Fsp3) is 0.923. The third kappa shape index (κ3) is 4.77. The Morgan fingerprint density at radius 1 is 1.62 bits per heavy atom. The molecule has 0 saturated carbocycles. The monoisotopic (exact) mass is 300 g/mol. The number of carbonyl (C=O) groups excluding carboxylic acids is 1. The van der Waals surface area contributed by atoms with Crippen molar-refractivity contribution in [2.45, 2.75) is 64.5 Å². The molecule has 120 valence electrons. The van der Waals surface area contributed by atoms with Gasteiger partial charge in [0.15, 0.2) is 0 Å². The second kappa shape index (κ2) is 6.51. The van der Waals surface area contributed by atoms with Gasteiger partial charge in [0.2, 0.25) is 0 Å². The summed E-state index contributed by atoms with van der Waals surface area (Å²) in [6.07, 6.45) is -1.12. The molecule has 21 heavy (non-hydrogen) atoms. The quantitative estimate of drug-likeness (QED) is 0.488. The Labute approximate surface area is 124 Å². The molecule has 0 unspecified atom stereocenters. The number of azide groups is 1. The maximum absolute atomic E-state index is 12.4. The van der Waals surface area contributed by atoms with E-state index in [9.17, 15) is 9.90 Å². The maximum atomic E-state index is 12.4. The van der Waals surface area contributed by atoms with E-state index < -0.39 is 29.6 Å². The van der Waals surface area contributed by atoms with Crippen LogP contribution in [0.5, 0.6) is 0 Å². The average Bonchev–Trinajstić information content (AvgIpc) is 2.63. The number of rotatable bonds is 4. The summed E-state index contributed by atoms with van der Waals surface area (Å²) in [7, 11) is 0. The molecule has 0 aromatic heterocycles. The zero-order valence-corrected chi connectivity index (χ0v) is 13.2. The van der Waals surface area contributed by atoms with Gasteiger partial charge in [-0.3, -0.25) is 4.90 Å². The molecule has 0 aliphatic carbocycles. The lowest BCUT2D eigenvalue weighted by Gasteiger charge is -2.36. The van der Waals surface area contributed by atoms with Crippen LogP contribution < -0.4 is 0 Å². The molecule has 1 heterocycles. The van der Waals surface area contributed by atoms with Crippen molar-refractivity contribution in [3.05, 3.63) is 10.4 Å². The van der Waals surface area contributed by atoms with Crippen molar-refractivity contribution >= 4 is 6.09 Å². The van der Waals surface area contributed by atoms with Crippen molar-refractivity contribution in [2.24, 2.45) is 5.11 Å². The first-order valence-corrected chi connectivity index (χ1v) is 6.93. The highest BCUT2D eigenvalue weighted by molar-refractivity contribution is 5.69. The standard InChI is InChI=1S/C13H24N4O4/c1-12(2,3)21-11(19)17-9(8-20-13(17,4)5)10(18)6-7-15-16-14/h9-10,18H,6-8H2,1-5H3/t9-,10+/m1/s1. The van der Waals surface area contributed by atoms with E-state index in [-0.39, 0.29) is 19.6 Å². The number of ether oxygens (including phenoxy) is 2. The summed E-state index contributed by atoms with van der Waals surface area (Å²) < 4.78 is 11.0. The topological polar surface area (TPSA) is 108 Å². The van der Waals surface area contributed by atoms with Gasteiger partial charge in [0, 0.05) is 11.5 Å². The van der Waals surface area contributed by atoms with E-state index in [1.807, 2.05) is 0 Å². The Balaban J connectivity index is 2.83. The second-order valence-corrected chi connectivity index (χ2v) is 6.49. The fourth-order valence-corrected chi connectivity index (χ4v) is 2.21. The lowest BCUT2D eigenvalue weighted by molar-refractivity contribution is -0.0679. The first-order chi connectivity index (χ1) is 9.58. The van der Waals surface area contributed by atoms with E-state index >= 15 is 0 Å². The highest BCUT2D eigenvalue weighted by Gasteiger charge is 2.48. The van der Waals surface area contributed by atoms with Crippen LogP contribution in [0.25, 0.3) is 10.4 Å². The smallest absolute Gasteiger partial charge is 0.412 e. The molecule has 0 aromatic carbocycles. The summed E-state index contributed by atoms with van der Waals surface area (Å²) in [5.74, 6) is 0. The number of hydrogen-bond donors (Lipinski definition) is 1. The third-order valence-corrected chi connectivity index (χ3v) is 3.14. The molecule has 0 radical (unpaired) electrons. The normalized spacial score (nSPS) is 22.6. The van der Waals surface area contributed by atoms with Crippen LogP contribution in [0.2, 0.25) is 0 Å². The summed E-state index contributed by atoms with van der Waals surface area (Å²) in [6.45, 7) is 9.21. The van der Waals surface area contributed by atoms with Crippen LogP contribution >= 0.6 is 0 Å². The first-order valence-electron chi connectivity index (χ1n) is 6.93. The van der Waals surface area contributed by atoms with Crippen LogP contribution in [0.1, 0.15) is 41.0 Å². The van der Waals surface area contributed by atoms with Gasteiger partial charge in [-0.1, -0.05) is 5.11 Å². The molecule has 1 aliphatic rings. The molecule has 1 aliphatic heterocycles. The number of aliphatic hydroxyl groups excluding tert-OH is 1. The van der Waals surface area contributed by atoms with Crippen molar-refractivity contribution in [1.29, 1.82) is 0 Å². The lowest BCUT2D eigenvalue weighted by Crippen LogP contribution is -2.53. The molecular formula is C13H24N4O4. The maximum Gasteiger partial charge on any atom is 0.412 e. The van der Waals surface area contributed by atoms with Crippen LogP contribution in [0.4, 0.5) is 4.79 Å². The molecular weight excluding hydrogens is 276 g/mol. The number of carbonyl (C=O) groups is 1. The molecule has 1 amide bonds. The van der Waals surface area contributed by atoms with Crippen LogP contribution in [0.3, 0.4) is 0 Å². The van der Waals surface area contributed by atoms with E-state index in [1.54, 1.807) is 34.6 Å². The molecule has 1 saturated heterocycles. The van der Waals surface area contributed by atoms with Gasteiger partial charge in [0.05, 0.1) is 18.8 Å². The van der Waals surface area contributed by atoms with Gasteiger partial charge in [-0.15, -0.1) is 0 Å². The van der Waals surface area contributed by atoms with Gasteiger partial charge in [-0.2, -0.15) is 0 Å². The Morgan fingerprint density at radius 3 is 2.76 bits per heavy atom. The van der Waals surface area contributed by atoms with E-state index in [1.165, 1.54) is 4.90 Å². The van der Waals surface area contributed by atoms with E-state index in [0.29, 0.717) is 0 Å². The Kier molecular flexibility index (Phi) is 5.44. The molecule has 2 atom stereocenters. The summed E-state index contributed by atoms with van der Waals surface area (Å²) in [6, 6.07) is -0.524. The summed E-state index contributed by atoms with van der Waals surface area (Å²) in [4.78, 5) is 16.4. The molecule has 8 nitrogen and oxygen atoms in total. The molecule has 8 heteroatoms. The molecule has 1 rings (SSSR count). The molecule has 1 N–H and O–H groups in total. The second-order valence-electron chi connectivity index (χ2n) is 6.49. The van der Waals surface area contributed by atoms with Crippen LogP contribution in [-0.2, 0) is 9.47 Å². The molecule has 0 aromatic rings. The van der Waals surface area contributed by atoms with E-state index in [0.717, 1.165) is 0 Å². The van der Waals surface area contributed by atoms with Crippen molar-refractivity contribution < 1.29 is 19.4 Å². The van der Waals surface area contributed by atoms with Gasteiger partial charge in [0.1, 0.15) is 11.3 Å². The predicted octanol–water partition coefficient (Wildman–Crippen LogP) is 2.42. The first kappa shape index (κ1) is 17.6. The minimum atomic E-state index is -0.855. The fourth-order valence-electron chi connectivity index (χ4n) is 2.21.